The molecule has 0 aliphatic heterocycles. The van der Waals surface area contributed by atoms with E-state index >= 15 is 0 Å². The van der Waals surface area contributed by atoms with E-state index in [1.54, 1.807) is 36.4 Å². The number of nitrogens with one attached hydrogen (secondary N) is 2. The van der Waals surface area contributed by atoms with E-state index < -0.39 is 11.3 Å². The van der Waals surface area contributed by atoms with Crippen LogP contribution in [-0.2, 0) is 15.0 Å². The van der Waals surface area contributed by atoms with Crippen molar-refractivity contribution in [3.05, 3.63) is 65.5 Å². The Bertz CT molecular complexity index is 869. The number of hydrogen-bond donors (Lipinski definition) is 2. The van der Waals surface area contributed by atoms with Gasteiger partial charge >= 0.3 is 0 Å². The van der Waals surface area contributed by atoms with Gasteiger partial charge in [0.1, 0.15) is 11.6 Å². The van der Waals surface area contributed by atoms with E-state index in [2.05, 4.69) is 10.9 Å². The molecule has 1 saturated carbocycles. The van der Waals surface area contributed by atoms with Crippen molar-refractivity contribution in [2.24, 2.45) is 0 Å². The summed E-state index contributed by atoms with van der Waals surface area (Å²) in [4.78, 5) is 24.5. The second-order valence-corrected chi connectivity index (χ2v) is 6.37. The van der Waals surface area contributed by atoms with E-state index in [-0.39, 0.29) is 18.3 Å². The molecule has 2 aromatic rings. The van der Waals surface area contributed by atoms with Crippen molar-refractivity contribution >= 4 is 11.8 Å². The zero-order valence-corrected chi connectivity index (χ0v) is 14.5. The molecule has 7 heteroatoms. The van der Waals surface area contributed by atoms with E-state index in [4.69, 9.17) is 10.00 Å². The molecule has 1 aliphatic carbocycles. The lowest BCUT2D eigenvalue weighted by Gasteiger charge is -2.40. The number of halogens is 1. The summed E-state index contributed by atoms with van der Waals surface area (Å²) in [6, 6.07) is 14.2. The Morgan fingerprint density at radius 2 is 1.74 bits per heavy atom. The van der Waals surface area contributed by atoms with Crippen LogP contribution < -0.4 is 15.6 Å². The molecule has 2 N–H and O–H groups in total. The van der Waals surface area contributed by atoms with E-state index in [1.165, 1.54) is 12.1 Å². The molecule has 0 saturated heterocycles. The lowest BCUT2D eigenvalue weighted by molar-refractivity contribution is -0.135. The predicted octanol–water partition coefficient (Wildman–Crippen LogP) is 2.35. The number of hydrazine groups is 1. The molecule has 0 spiro atoms. The number of nitriles is 1. The van der Waals surface area contributed by atoms with E-state index in [0.29, 0.717) is 24.2 Å². The first-order valence-corrected chi connectivity index (χ1v) is 8.52. The van der Waals surface area contributed by atoms with Gasteiger partial charge in [-0.25, -0.2) is 4.39 Å². The van der Waals surface area contributed by atoms with Crippen LogP contribution in [-0.4, -0.2) is 18.4 Å². The van der Waals surface area contributed by atoms with Gasteiger partial charge in [-0.3, -0.25) is 20.4 Å². The highest BCUT2D eigenvalue weighted by Gasteiger charge is 2.45. The lowest BCUT2D eigenvalue weighted by Crippen LogP contribution is -2.55. The minimum absolute atomic E-state index is 0.282. The summed E-state index contributed by atoms with van der Waals surface area (Å²) >= 11 is 0. The van der Waals surface area contributed by atoms with Gasteiger partial charge in [-0.05, 0) is 54.8 Å². The van der Waals surface area contributed by atoms with Gasteiger partial charge < -0.3 is 4.74 Å². The molecule has 0 radical (unpaired) electrons. The van der Waals surface area contributed by atoms with Crippen LogP contribution in [0.1, 0.15) is 30.4 Å². The molecule has 0 heterocycles. The van der Waals surface area contributed by atoms with E-state index in [9.17, 15) is 14.0 Å². The summed E-state index contributed by atoms with van der Waals surface area (Å²) in [5.41, 5.74) is 5.26. The van der Waals surface area contributed by atoms with Crippen LogP contribution in [0.2, 0.25) is 0 Å². The molecular formula is C20H18FN3O3. The Morgan fingerprint density at radius 3 is 2.30 bits per heavy atom. The number of ether oxygens (including phenoxy) is 1. The fourth-order valence-electron chi connectivity index (χ4n) is 3.00. The average molecular weight is 367 g/mol. The second kappa shape index (κ2) is 7.87. The largest absolute Gasteiger partial charge is 0.484 e. The number of nitrogens with zero attached hydrogens (tertiary/aromatic N) is 1. The molecule has 6 nitrogen and oxygen atoms in total. The van der Waals surface area contributed by atoms with Crippen LogP contribution in [0.3, 0.4) is 0 Å². The van der Waals surface area contributed by atoms with Gasteiger partial charge in [-0.15, -0.1) is 0 Å². The molecular weight excluding hydrogens is 349 g/mol. The maximum Gasteiger partial charge on any atom is 0.276 e. The standard InChI is InChI=1S/C20H18FN3O3/c21-16-6-4-15(5-7-16)20(10-1-11-20)19(26)24-23-18(25)13-27-17-8-2-14(12-22)3-9-17/h2-9H,1,10-11,13H2,(H,23,25)(H,24,26). The fraction of sp³-hybridized carbons (Fsp3) is 0.250. The summed E-state index contributed by atoms with van der Waals surface area (Å²) in [6.45, 7) is -0.282. The molecule has 2 amide bonds. The average Bonchev–Trinajstić information content (AvgIpc) is 2.65. The molecule has 138 valence electrons. The maximum atomic E-state index is 13.1. The van der Waals surface area contributed by atoms with Crippen LogP contribution in [0.25, 0.3) is 0 Å². The van der Waals surface area contributed by atoms with Crippen molar-refractivity contribution in [1.82, 2.24) is 10.9 Å². The van der Waals surface area contributed by atoms with Gasteiger partial charge in [-0.1, -0.05) is 18.6 Å². The zero-order chi connectivity index (χ0) is 19.3. The Labute approximate surface area is 155 Å². The topological polar surface area (TPSA) is 91.2 Å². The molecule has 1 fully saturated rings. The number of benzene rings is 2. The number of carbonyl (C=O) groups is 2. The monoisotopic (exact) mass is 367 g/mol. The van der Waals surface area contributed by atoms with Gasteiger partial charge in [0.05, 0.1) is 17.0 Å². The van der Waals surface area contributed by atoms with Crippen LogP contribution >= 0.6 is 0 Å². The van der Waals surface area contributed by atoms with Crippen molar-refractivity contribution < 1.29 is 18.7 Å². The minimum atomic E-state index is -0.741. The van der Waals surface area contributed by atoms with Gasteiger partial charge in [0, 0.05) is 0 Å². The molecule has 0 unspecified atom stereocenters. The van der Waals surface area contributed by atoms with E-state index in [1.807, 2.05) is 6.07 Å². The normalized spacial score (nSPS) is 14.4. The molecule has 2 aromatic carbocycles. The summed E-state index contributed by atoms with van der Waals surface area (Å²) in [6.07, 6.45) is 2.17. The Balaban J connectivity index is 1.52. The van der Waals surface area contributed by atoms with E-state index in [0.717, 1.165) is 12.0 Å². The van der Waals surface area contributed by atoms with Crippen molar-refractivity contribution in [3.8, 4) is 11.8 Å². The maximum absolute atomic E-state index is 13.1. The van der Waals surface area contributed by atoms with Crippen molar-refractivity contribution in [3.63, 3.8) is 0 Å². The first kappa shape index (κ1) is 18.4. The number of hydrogen-bond acceptors (Lipinski definition) is 4. The number of rotatable bonds is 5. The zero-order valence-electron chi connectivity index (χ0n) is 14.5. The van der Waals surface area contributed by atoms with Gasteiger partial charge in [0.15, 0.2) is 6.61 Å². The van der Waals surface area contributed by atoms with Crippen LogP contribution in [0, 0.1) is 17.1 Å². The van der Waals surface area contributed by atoms with Gasteiger partial charge in [0.2, 0.25) is 5.91 Å². The minimum Gasteiger partial charge on any atom is -0.484 e. The molecule has 0 bridgehead atoms. The third kappa shape index (κ3) is 4.06. The predicted molar refractivity (Wildman–Crippen MR) is 94.9 cm³/mol. The quantitative estimate of drug-likeness (QED) is 0.794. The third-order valence-corrected chi connectivity index (χ3v) is 4.71. The first-order chi connectivity index (χ1) is 13.0. The number of amides is 2. The fourth-order valence-corrected chi connectivity index (χ4v) is 3.00. The van der Waals surface area contributed by atoms with Crippen molar-refractivity contribution in [1.29, 1.82) is 5.26 Å². The molecule has 3 rings (SSSR count). The highest BCUT2D eigenvalue weighted by Crippen LogP contribution is 2.43. The SMILES string of the molecule is N#Cc1ccc(OCC(=O)NNC(=O)C2(c3ccc(F)cc3)CCC2)cc1. The molecule has 0 atom stereocenters. The van der Waals surface area contributed by atoms with Crippen molar-refractivity contribution in [2.45, 2.75) is 24.7 Å². The third-order valence-electron chi connectivity index (χ3n) is 4.71. The number of carbonyl (C=O) groups excluding carboxylic acids is 2. The molecule has 0 aromatic heterocycles. The summed E-state index contributed by atoms with van der Waals surface area (Å²) < 4.78 is 18.4. The van der Waals surface area contributed by atoms with Crippen LogP contribution in [0.5, 0.6) is 5.75 Å². The summed E-state index contributed by atoms with van der Waals surface area (Å²) in [5, 5.41) is 8.74. The van der Waals surface area contributed by atoms with Crippen LogP contribution in [0.4, 0.5) is 4.39 Å². The van der Waals surface area contributed by atoms with Crippen molar-refractivity contribution in [2.75, 3.05) is 6.61 Å². The summed E-state index contributed by atoms with van der Waals surface area (Å²) in [5.74, 6) is -0.757. The van der Waals surface area contributed by atoms with Crippen LogP contribution in [0.15, 0.2) is 48.5 Å². The Kier molecular flexibility index (Phi) is 5.36. The molecule has 1 aliphatic rings. The lowest BCUT2D eigenvalue weighted by atomic mass is 9.64. The van der Waals surface area contributed by atoms with Gasteiger partial charge in [-0.2, -0.15) is 5.26 Å². The van der Waals surface area contributed by atoms with Gasteiger partial charge in [0.25, 0.3) is 5.91 Å². The molecule has 27 heavy (non-hydrogen) atoms. The highest BCUT2D eigenvalue weighted by atomic mass is 19.1. The first-order valence-electron chi connectivity index (χ1n) is 8.52. The smallest absolute Gasteiger partial charge is 0.276 e. The summed E-state index contributed by atoms with van der Waals surface area (Å²) in [7, 11) is 0. The Morgan fingerprint density at radius 1 is 1.07 bits per heavy atom. The second-order valence-electron chi connectivity index (χ2n) is 6.37. The highest BCUT2D eigenvalue weighted by molar-refractivity contribution is 5.91. The Hall–Kier alpha value is -3.40.